The Labute approximate surface area is 175 Å². The molecule has 0 heterocycles. The fraction of sp³-hybridized carbons (Fsp3) is 0.611. The van der Waals surface area contributed by atoms with Crippen molar-refractivity contribution >= 4 is 40.0 Å². The summed E-state index contributed by atoms with van der Waals surface area (Å²) in [5.74, 6) is 1.30. The normalized spacial score (nSPS) is 12.4. The van der Waals surface area contributed by atoms with E-state index in [1.165, 1.54) is 4.31 Å². The maximum atomic E-state index is 12.5. The van der Waals surface area contributed by atoms with Crippen LogP contribution < -0.4 is 10.6 Å². The molecule has 8 heteroatoms. The first-order valence-electron chi connectivity index (χ1n) is 8.77. The van der Waals surface area contributed by atoms with Crippen LogP contribution in [0.4, 0.5) is 0 Å². The summed E-state index contributed by atoms with van der Waals surface area (Å²) in [4.78, 5) is 4.85. The largest absolute Gasteiger partial charge is 0.357 e. The van der Waals surface area contributed by atoms with Gasteiger partial charge in [-0.25, -0.2) is 13.4 Å². The Morgan fingerprint density at radius 3 is 2.15 bits per heavy atom. The highest BCUT2D eigenvalue weighted by atomic mass is 127. The summed E-state index contributed by atoms with van der Waals surface area (Å²) in [6.07, 6.45) is 0. The molecule has 1 aromatic carbocycles. The standard InChI is InChI=1S/C18H32N4O2S.HI/c1-7-19-18(20-12-14(2)3)21-13-16-8-10-17(11-9-16)25(23,24)22(6)15(4)5;/h8-11,14-15H,7,12-13H2,1-6H3,(H2,19,20,21);1H. The Balaban J connectivity index is 0.00000625. The predicted molar refractivity (Wildman–Crippen MR) is 120 cm³/mol. The van der Waals surface area contributed by atoms with Gasteiger partial charge in [-0.15, -0.1) is 24.0 Å². The molecule has 0 bridgehead atoms. The molecule has 1 rings (SSSR count). The highest BCUT2D eigenvalue weighted by Gasteiger charge is 2.22. The van der Waals surface area contributed by atoms with Crippen molar-refractivity contribution in [3.8, 4) is 0 Å². The van der Waals surface area contributed by atoms with Crippen LogP contribution in [0.5, 0.6) is 0 Å². The summed E-state index contributed by atoms with van der Waals surface area (Å²) in [6.45, 7) is 12.2. The van der Waals surface area contributed by atoms with Crippen LogP contribution in [-0.2, 0) is 16.6 Å². The topological polar surface area (TPSA) is 73.8 Å². The lowest BCUT2D eigenvalue weighted by Gasteiger charge is -2.21. The van der Waals surface area contributed by atoms with Gasteiger partial charge in [0.05, 0.1) is 11.4 Å². The number of guanidine groups is 1. The Hall–Kier alpha value is -0.870. The number of benzene rings is 1. The van der Waals surface area contributed by atoms with Crippen LogP contribution in [0, 0.1) is 5.92 Å². The molecule has 1 aromatic rings. The second kappa shape index (κ2) is 11.8. The van der Waals surface area contributed by atoms with Crippen molar-refractivity contribution in [1.82, 2.24) is 14.9 Å². The number of nitrogens with one attached hydrogen (secondary N) is 2. The Morgan fingerprint density at radius 2 is 1.69 bits per heavy atom. The molecule has 0 radical (unpaired) electrons. The van der Waals surface area contributed by atoms with Crippen LogP contribution in [0.2, 0.25) is 0 Å². The van der Waals surface area contributed by atoms with Gasteiger partial charge in [0.1, 0.15) is 0 Å². The quantitative estimate of drug-likeness (QED) is 0.330. The minimum atomic E-state index is -3.44. The summed E-state index contributed by atoms with van der Waals surface area (Å²) < 4.78 is 26.3. The first kappa shape index (κ1) is 25.1. The van der Waals surface area contributed by atoms with Gasteiger partial charge in [-0.05, 0) is 44.4 Å². The minimum absolute atomic E-state index is 0. The molecule has 0 fully saturated rings. The van der Waals surface area contributed by atoms with E-state index >= 15 is 0 Å². The second-order valence-electron chi connectivity index (χ2n) is 6.73. The van der Waals surface area contributed by atoms with E-state index in [0.717, 1.165) is 24.6 Å². The maximum Gasteiger partial charge on any atom is 0.243 e. The lowest BCUT2D eigenvalue weighted by Crippen LogP contribution is -2.39. The number of hydrogen-bond acceptors (Lipinski definition) is 3. The van der Waals surface area contributed by atoms with Crippen molar-refractivity contribution in [2.45, 2.75) is 52.1 Å². The number of halogens is 1. The zero-order valence-corrected chi connectivity index (χ0v) is 19.8. The first-order valence-corrected chi connectivity index (χ1v) is 10.2. The van der Waals surface area contributed by atoms with Crippen LogP contribution in [0.15, 0.2) is 34.2 Å². The number of aliphatic imine (C=N–C) groups is 1. The fourth-order valence-electron chi connectivity index (χ4n) is 2.02. The van der Waals surface area contributed by atoms with Crippen molar-refractivity contribution in [2.75, 3.05) is 20.1 Å². The predicted octanol–water partition coefficient (Wildman–Crippen LogP) is 3.04. The third kappa shape index (κ3) is 7.79. The molecular weight excluding hydrogens is 463 g/mol. The van der Waals surface area contributed by atoms with Crippen LogP contribution in [0.1, 0.15) is 40.2 Å². The van der Waals surface area contributed by atoms with Gasteiger partial charge in [-0.2, -0.15) is 4.31 Å². The van der Waals surface area contributed by atoms with Crippen molar-refractivity contribution in [1.29, 1.82) is 0 Å². The summed E-state index contributed by atoms with van der Waals surface area (Å²) in [6, 6.07) is 6.85. The Bertz CT molecular complexity index is 658. The van der Waals surface area contributed by atoms with Gasteiger partial charge in [0, 0.05) is 26.2 Å². The zero-order chi connectivity index (χ0) is 19.0. The fourth-order valence-corrected chi connectivity index (χ4v) is 3.39. The van der Waals surface area contributed by atoms with Crippen LogP contribution in [0.3, 0.4) is 0 Å². The molecule has 26 heavy (non-hydrogen) atoms. The summed E-state index contributed by atoms with van der Waals surface area (Å²) in [5, 5.41) is 6.50. The van der Waals surface area contributed by atoms with Gasteiger partial charge in [0.25, 0.3) is 0 Å². The van der Waals surface area contributed by atoms with E-state index in [1.54, 1.807) is 19.2 Å². The minimum Gasteiger partial charge on any atom is -0.357 e. The van der Waals surface area contributed by atoms with Gasteiger partial charge >= 0.3 is 0 Å². The van der Waals surface area contributed by atoms with Gasteiger partial charge in [-0.1, -0.05) is 26.0 Å². The summed E-state index contributed by atoms with van der Waals surface area (Å²) in [7, 11) is -1.84. The lowest BCUT2D eigenvalue weighted by atomic mass is 10.2. The van der Waals surface area contributed by atoms with E-state index < -0.39 is 10.0 Å². The zero-order valence-electron chi connectivity index (χ0n) is 16.6. The van der Waals surface area contributed by atoms with Crippen LogP contribution in [0.25, 0.3) is 0 Å². The van der Waals surface area contributed by atoms with Crippen molar-refractivity contribution < 1.29 is 8.42 Å². The van der Waals surface area contributed by atoms with Crippen LogP contribution in [-0.4, -0.2) is 44.9 Å². The van der Waals surface area contributed by atoms with Gasteiger partial charge < -0.3 is 10.6 Å². The van der Waals surface area contributed by atoms with E-state index in [4.69, 9.17) is 0 Å². The molecule has 0 saturated heterocycles. The van der Waals surface area contributed by atoms with Gasteiger partial charge in [0.15, 0.2) is 5.96 Å². The van der Waals surface area contributed by atoms with Gasteiger partial charge in [0.2, 0.25) is 10.0 Å². The monoisotopic (exact) mass is 496 g/mol. The number of rotatable bonds is 8. The number of hydrogen-bond donors (Lipinski definition) is 2. The highest BCUT2D eigenvalue weighted by Crippen LogP contribution is 2.17. The van der Waals surface area contributed by atoms with E-state index in [1.807, 2.05) is 32.9 Å². The number of nitrogens with zero attached hydrogens (tertiary/aromatic N) is 2. The second-order valence-corrected chi connectivity index (χ2v) is 8.73. The summed E-state index contributed by atoms with van der Waals surface area (Å²) in [5.41, 5.74) is 0.966. The molecule has 2 N–H and O–H groups in total. The highest BCUT2D eigenvalue weighted by molar-refractivity contribution is 14.0. The molecule has 0 amide bonds. The molecular formula is C18H33IN4O2S. The van der Waals surface area contributed by atoms with E-state index in [9.17, 15) is 8.42 Å². The lowest BCUT2D eigenvalue weighted by molar-refractivity contribution is 0.410. The SMILES string of the molecule is CCNC(=NCc1ccc(S(=O)(=O)N(C)C(C)C)cc1)NCC(C)C.I. The molecule has 0 spiro atoms. The molecule has 0 aliphatic heterocycles. The van der Waals surface area contributed by atoms with Crippen molar-refractivity contribution in [3.63, 3.8) is 0 Å². The molecule has 0 unspecified atom stereocenters. The van der Waals surface area contributed by atoms with Crippen molar-refractivity contribution in [3.05, 3.63) is 29.8 Å². The van der Waals surface area contributed by atoms with E-state index in [-0.39, 0.29) is 30.0 Å². The van der Waals surface area contributed by atoms with Crippen LogP contribution >= 0.6 is 24.0 Å². The summed E-state index contributed by atoms with van der Waals surface area (Å²) >= 11 is 0. The first-order chi connectivity index (χ1) is 11.7. The Morgan fingerprint density at radius 1 is 1.12 bits per heavy atom. The van der Waals surface area contributed by atoms with E-state index in [2.05, 4.69) is 29.5 Å². The average molecular weight is 496 g/mol. The molecule has 150 valence electrons. The van der Waals surface area contributed by atoms with E-state index in [0.29, 0.717) is 17.4 Å². The molecule has 0 aliphatic carbocycles. The molecule has 0 atom stereocenters. The third-order valence-corrected chi connectivity index (χ3v) is 5.82. The maximum absolute atomic E-state index is 12.5. The molecule has 0 aliphatic rings. The average Bonchev–Trinajstić information content (AvgIpc) is 2.56. The number of sulfonamides is 1. The molecule has 0 saturated carbocycles. The Kier molecular flexibility index (Phi) is 11.4. The smallest absolute Gasteiger partial charge is 0.243 e. The molecule has 6 nitrogen and oxygen atoms in total. The van der Waals surface area contributed by atoms with Crippen molar-refractivity contribution in [2.24, 2.45) is 10.9 Å². The third-order valence-electron chi connectivity index (χ3n) is 3.77. The molecule has 0 aromatic heterocycles. The van der Waals surface area contributed by atoms with Gasteiger partial charge in [-0.3, -0.25) is 0 Å².